The molecule has 1 N–H and O–H groups in total. The Hall–Kier alpha value is -3.80. The van der Waals surface area contributed by atoms with Gasteiger partial charge in [0.05, 0.1) is 18.4 Å². The van der Waals surface area contributed by atoms with Crippen molar-refractivity contribution in [1.29, 1.82) is 0 Å². The summed E-state index contributed by atoms with van der Waals surface area (Å²) in [5.74, 6) is 0.687. The molecular weight excluding hydrogens is 401 g/mol. The number of aromatic nitrogens is 1. The van der Waals surface area contributed by atoms with Gasteiger partial charge in [0.2, 0.25) is 0 Å². The zero-order chi connectivity index (χ0) is 21.6. The lowest BCUT2D eigenvalue weighted by atomic mass is 9.89. The molecule has 0 saturated carbocycles. The van der Waals surface area contributed by atoms with Gasteiger partial charge < -0.3 is 9.72 Å². The molecule has 3 aromatic carbocycles. The number of para-hydroxylation sites is 1. The maximum absolute atomic E-state index is 13.1. The Morgan fingerprint density at radius 2 is 1.74 bits per heavy atom. The van der Waals surface area contributed by atoms with Crippen LogP contribution in [0.15, 0.2) is 77.9 Å². The van der Waals surface area contributed by atoms with E-state index in [-0.39, 0.29) is 0 Å². The Labute approximate surface area is 176 Å². The van der Waals surface area contributed by atoms with E-state index in [9.17, 15) is 13.2 Å². The number of allylic oxidation sites excluding steroid dienone is 1. The van der Waals surface area contributed by atoms with Gasteiger partial charge in [-0.3, -0.25) is 4.99 Å². The average Bonchev–Trinajstić information content (AvgIpc) is 3.38. The number of hydrogen-bond donors (Lipinski definition) is 1. The van der Waals surface area contributed by atoms with Crippen molar-refractivity contribution in [3.05, 3.63) is 95.2 Å². The van der Waals surface area contributed by atoms with E-state index in [0.717, 1.165) is 51.0 Å². The summed E-state index contributed by atoms with van der Waals surface area (Å²) in [5, 5.41) is 0.981. The molecule has 1 aliphatic heterocycles. The van der Waals surface area contributed by atoms with Crippen molar-refractivity contribution >= 4 is 34.0 Å². The van der Waals surface area contributed by atoms with Crippen LogP contribution in [0, 0.1) is 0 Å². The summed E-state index contributed by atoms with van der Waals surface area (Å²) in [6.45, 7) is 0. The second kappa shape index (κ2) is 7.16. The highest BCUT2D eigenvalue weighted by Gasteiger charge is 2.30. The van der Waals surface area contributed by atoms with E-state index in [0.29, 0.717) is 11.3 Å². The predicted molar refractivity (Wildman–Crippen MR) is 117 cm³/mol. The number of aliphatic imine (C=N–C) groups is 1. The minimum atomic E-state index is -4.39. The number of aromatic amines is 1. The van der Waals surface area contributed by atoms with Crippen LogP contribution in [0.1, 0.15) is 22.3 Å². The Morgan fingerprint density at radius 3 is 2.48 bits per heavy atom. The predicted octanol–water partition coefficient (Wildman–Crippen LogP) is 6.87. The van der Waals surface area contributed by atoms with Crippen molar-refractivity contribution in [3.63, 3.8) is 0 Å². The van der Waals surface area contributed by atoms with Crippen molar-refractivity contribution in [3.8, 4) is 5.75 Å². The first kappa shape index (κ1) is 19.2. The lowest BCUT2D eigenvalue weighted by Crippen LogP contribution is -2.04. The van der Waals surface area contributed by atoms with Crippen LogP contribution >= 0.6 is 0 Å². The molecule has 5 rings (SSSR count). The van der Waals surface area contributed by atoms with Crippen molar-refractivity contribution in [2.45, 2.75) is 6.18 Å². The smallest absolute Gasteiger partial charge is 0.416 e. The average molecular weight is 418 g/mol. The number of fused-ring (bicyclic) bond motifs is 2. The number of methoxy groups -OCH3 is 1. The molecule has 154 valence electrons. The molecule has 0 amide bonds. The van der Waals surface area contributed by atoms with E-state index < -0.39 is 11.7 Å². The molecule has 0 bridgehead atoms. The molecule has 4 aromatic rings. The molecule has 6 heteroatoms. The van der Waals surface area contributed by atoms with Gasteiger partial charge in [-0.25, -0.2) is 0 Å². The SMILES string of the molecule is COc1ccc2c(c1)C(=C(c1ccc(C(F)(F)F)cc1)c1c[nH]c3ccccc13)C=N2. The topological polar surface area (TPSA) is 37.4 Å². The summed E-state index contributed by atoms with van der Waals surface area (Å²) in [5.41, 5.74) is 5.15. The van der Waals surface area contributed by atoms with Gasteiger partial charge in [-0.2, -0.15) is 13.2 Å². The van der Waals surface area contributed by atoms with E-state index in [1.807, 2.05) is 48.7 Å². The minimum Gasteiger partial charge on any atom is -0.497 e. The maximum Gasteiger partial charge on any atom is 0.416 e. The van der Waals surface area contributed by atoms with Crippen LogP contribution in [-0.2, 0) is 6.18 Å². The number of benzene rings is 3. The normalized spacial score (nSPS) is 14.7. The third-order valence-corrected chi connectivity index (χ3v) is 5.46. The summed E-state index contributed by atoms with van der Waals surface area (Å²) in [4.78, 5) is 7.78. The first-order chi connectivity index (χ1) is 15.0. The van der Waals surface area contributed by atoms with Crippen LogP contribution in [0.4, 0.5) is 18.9 Å². The Morgan fingerprint density at radius 1 is 0.968 bits per heavy atom. The Balaban J connectivity index is 1.78. The second-order valence-corrected chi connectivity index (χ2v) is 7.25. The van der Waals surface area contributed by atoms with Crippen molar-refractivity contribution < 1.29 is 17.9 Å². The van der Waals surface area contributed by atoms with Gasteiger partial charge in [0.15, 0.2) is 0 Å². The molecular formula is C25H17F3N2O. The van der Waals surface area contributed by atoms with Gasteiger partial charge in [0.1, 0.15) is 5.75 Å². The van der Waals surface area contributed by atoms with E-state index >= 15 is 0 Å². The summed E-state index contributed by atoms with van der Waals surface area (Å²) in [7, 11) is 1.59. The number of hydrogen-bond acceptors (Lipinski definition) is 2. The molecule has 1 aliphatic rings. The number of alkyl halides is 3. The number of nitrogens with one attached hydrogen (secondary N) is 1. The molecule has 0 atom stereocenters. The Bertz CT molecular complexity index is 1350. The first-order valence-corrected chi connectivity index (χ1v) is 9.66. The largest absolute Gasteiger partial charge is 0.497 e. The summed E-state index contributed by atoms with van der Waals surface area (Å²) < 4.78 is 44.8. The highest BCUT2D eigenvalue weighted by molar-refractivity contribution is 6.27. The van der Waals surface area contributed by atoms with Gasteiger partial charge in [-0.05, 0) is 42.0 Å². The molecule has 3 nitrogen and oxygen atoms in total. The molecule has 0 spiro atoms. The number of nitrogens with zero attached hydrogens (tertiary/aromatic N) is 1. The van der Waals surface area contributed by atoms with Gasteiger partial charge in [0.25, 0.3) is 0 Å². The van der Waals surface area contributed by atoms with Crippen LogP contribution in [-0.4, -0.2) is 18.3 Å². The molecule has 2 heterocycles. The highest BCUT2D eigenvalue weighted by atomic mass is 19.4. The van der Waals surface area contributed by atoms with Crippen LogP contribution in [0.25, 0.3) is 22.0 Å². The fourth-order valence-corrected chi connectivity index (χ4v) is 3.93. The third kappa shape index (κ3) is 3.30. The summed E-state index contributed by atoms with van der Waals surface area (Å²) in [6.07, 6.45) is -0.739. The number of rotatable bonds is 3. The van der Waals surface area contributed by atoms with Crippen LogP contribution < -0.4 is 4.74 Å². The van der Waals surface area contributed by atoms with Crippen molar-refractivity contribution in [2.24, 2.45) is 4.99 Å². The number of H-pyrrole nitrogens is 1. The van der Waals surface area contributed by atoms with Crippen molar-refractivity contribution in [1.82, 2.24) is 4.98 Å². The molecule has 0 saturated heterocycles. The monoisotopic (exact) mass is 418 g/mol. The summed E-state index contributed by atoms with van der Waals surface area (Å²) in [6, 6.07) is 18.7. The Kier molecular flexibility index (Phi) is 4.43. The van der Waals surface area contributed by atoms with Gasteiger partial charge in [-0.1, -0.05) is 30.3 Å². The summed E-state index contributed by atoms with van der Waals surface area (Å²) >= 11 is 0. The number of ether oxygens (including phenoxy) is 1. The van der Waals surface area contributed by atoms with E-state index in [4.69, 9.17) is 4.74 Å². The maximum atomic E-state index is 13.1. The third-order valence-electron chi connectivity index (χ3n) is 5.46. The van der Waals surface area contributed by atoms with Crippen LogP contribution in [0.2, 0.25) is 0 Å². The van der Waals surface area contributed by atoms with E-state index in [1.165, 1.54) is 12.1 Å². The molecule has 0 unspecified atom stereocenters. The van der Waals surface area contributed by atoms with Crippen LogP contribution in [0.5, 0.6) is 5.75 Å². The standard InChI is InChI=1S/C25H17F3N2O/c1-31-17-10-11-23-19(12-17)21(14-30-23)24(15-6-8-16(9-7-15)25(26,27)28)20-13-29-22-5-3-2-4-18(20)22/h2-14,29H,1H3. The zero-order valence-corrected chi connectivity index (χ0v) is 16.5. The second-order valence-electron chi connectivity index (χ2n) is 7.25. The zero-order valence-electron chi connectivity index (χ0n) is 16.5. The van der Waals surface area contributed by atoms with E-state index in [2.05, 4.69) is 9.98 Å². The van der Waals surface area contributed by atoms with Gasteiger partial charge >= 0.3 is 6.18 Å². The minimum absolute atomic E-state index is 0.676. The van der Waals surface area contributed by atoms with Crippen LogP contribution in [0.3, 0.4) is 0 Å². The van der Waals surface area contributed by atoms with Crippen molar-refractivity contribution in [2.75, 3.05) is 7.11 Å². The lowest BCUT2D eigenvalue weighted by molar-refractivity contribution is -0.137. The quantitative estimate of drug-likeness (QED) is 0.387. The molecule has 0 fully saturated rings. The fourth-order valence-electron chi connectivity index (χ4n) is 3.93. The first-order valence-electron chi connectivity index (χ1n) is 9.66. The fraction of sp³-hybridized carbons (Fsp3) is 0.0800. The lowest BCUT2D eigenvalue weighted by Gasteiger charge is -2.14. The molecule has 31 heavy (non-hydrogen) atoms. The highest BCUT2D eigenvalue weighted by Crippen LogP contribution is 2.42. The molecule has 0 aliphatic carbocycles. The van der Waals surface area contributed by atoms with Gasteiger partial charge in [-0.15, -0.1) is 0 Å². The van der Waals surface area contributed by atoms with E-state index in [1.54, 1.807) is 13.3 Å². The molecule has 0 radical (unpaired) electrons. The number of halogens is 3. The van der Waals surface area contributed by atoms with Gasteiger partial charge in [0, 0.05) is 45.6 Å². The molecule has 1 aromatic heterocycles.